The van der Waals surface area contributed by atoms with Gasteiger partial charge in [0.25, 0.3) is 0 Å². The van der Waals surface area contributed by atoms with E-state index in [0.717, 1.165) is 0 Å². The molecule has 0 bridgehead atoms. The largest absolute Gasteiger partial charge is 0.377 e. The fourth-order valence-corrected chi connectivity index (χ4v) is 4.12. The molecule has 3 atom stereocenters. The molecule has 0 unspecified atom stereocenters. The zero-order valence-corrected chi connectivity index (χ0v) is 13.3. The van der Waals surface area contributed by atoms with Crippen molar-refractivity contribution in [2.45, 2.75) is 38.1 Å². The number of hydrogen-bond acceptors (Lipinski definition) is 1. The van der Waals surface area contributed by atoms with E-state index in [9.17, 15) is 0 Å². The van der Waals surface area contributed by atoms with Crippen LogP contribution in [0.15, 0.2) is 60.7 Å². The lowest BCUT2D eigenvalue weighted by Gasteiger charge is -2.39. The lowest BCUT2D eigenvalue weighted by Crippen LogP contribution is -2.29. The average molecular weight is 289 g/mol. The Kier molecular flexibility index (Phi) is 3.29. The van der Waals surface area contributed by atoms with Crippen LogP contribution in [0.25, 0.3) is 0 Å². The van der Waals surface area contributed by atoms with Crippen LogP contribution < -0.4 is 5.32 Å². The fourth-order valence-electron chi connectivity index (χ4n) is 4.12. The Morgan fingerprint density at radius 2 is 1.82 bits per heavy atom. The molecule has 2 aliphatic rings. The molecule has 2 aromatic carbocycles. The van der Waals surface area contributed by atoms with Gasteiger partial charge < -0.3 is 5.32 Å². The summed E-state index contributed by atoms with van der Waals surface area (Å²) in [7, 11) is 0. The molecule has 0 spiro atoms. The van der Waals surface area contributed by atoms with Gasteiger partial charge in [0.2, 0.25) is 0 Å². The van der Waals surface area contributed by atoms with Crippen LogP contribution in [0.1, 0.15) is 54.8 Å². The maximum atomic E-state index is 3.89. The van der Waals surface area contributed by atoms with Crippen molar-refractivity contribution in [3.8, 4) is 0 Å². The Balaban J connectivity index is 1.84. The molecule has 112 valence electrons. The average Bonchev–Trinajstić information content (AvgIpc) is 3.04. The molecule has 0 amide bonds. The molecular weight excluding hydrogens is 266 g/mol. The molecule has 2 aromatic rings. The predicted molar refractivity (Wildman–Crippen MR) is 93.3 cm³/mol. The van der Waals surface area contributed by atoms with Crippen molar-refractivity contribution >= 4 is 5.69 Å². The summed E-state index contributed by atoms with van der Waals surface area (Å²) in [6.45, 7) is 4.57. The molecule has 0 radical (unpaired) electrons. The number of allylic oxidation sites excluding steroid dienone is 2. The van der Waals surface area contributed by atoms with Crippen LogP contribution in [0.5, 0.6) is 0 Å². The molecule has 1 aliphatic heterocycles. The van der Waals surface area contributed by atoms with E-state index < -0.39 is 0 Å². The molecule has 0 saturated carbocycles. The van der Waals surface area contributed by atoms with E-state index in [-0.39, 0.29) is 0 Å². The molecule has 1 aliphatic carbocycles. The van der Waals surface area contributed by atoms with Crippen molar-refractivity contribution in [1.82, 2.24) is 0 Å². The summed E-state index contributed by atoms with van der Waals surface area (Å²) in [5, 5.41) is 3.89. The topological polar surface area (TPSA) is 12.0 Å². The summed E-state index contributed by atoms with van der Waals surface area (Å²) >= 11 is 0. The number of hydrogen-bond donors (Lipinski definition) is 1. The molecule has 22 heavy (non-hydrogen) atoms. The van der Waals surface area contributed by atoms with Crippen molar-refractivity contribution in [2.75, 3.05) is 5.32 Å². The second-order valence-electron chi connectivity index (χ2n) is 6.85. The first kappa shape index (κ1) is 13.6. The van der Waals surface area contributed by atoms with E-state index in [2.05, 4.69) is 79.8 Å². The molecule has 1 N–H and O–H groups in total. The van der Waals surface area contributed by atoms with Gasteiger partial charge in [-0.2, -0.15) is 0 Å². The minimum Gasteiger partial charge on any atom is -0.377 e. The summed E-state index contributed by atoms with van der Waals surface area (Å²) in [4.78, 5) is 0. The van der Waals surface area contributed by atoms with E-state index in [1.165, 1.54) is 28.8 Å². The van der Waals surface area contributed by atoms with Gasteiger partial charge in [-0.1, -0.05) is 74.5 Å². The number of rotatable bonds is 2. The van der Waals surface area contributed by atoms with Crippen molar-refractivity contribution in [3.05, 3.63) is 77.4 Å². The molecule has 0 saturated heterocycles. The molecule has 1 heteroatoms. The highest BCUT2D eigenvalue weighted by molar-refractivity contribution is 5.65. The first-order chi connectivity index (χ1) is 10.8. The van der Waals surface area contributed by atoms with Gasteiger partial charge in [0.1, 0.15) is 0 Å². The molecule has 1 heterocycles. The summed E-state index contributed by atoms with van der Waals surface area (Å²) in [6, 6.07) is 18.1. The Morgan fingerprint density at radius 3 is 2.59 bits per heavy atom. The van der Waals surface area contributed by atoms with Crippen molar-refractivity contribution in [3.63, 3.8) is 0 Å². The Morgan fingerprint density at radius 1 is 1.00 bits per heavy atom. The third-order valence-corrected chi connectivity index (χ3v) is 5.21. The zero-order valence-electron chi connectivity index (χ0n) is 13.3. The van der Waals surface area contributed by atoms with E-state index in [1.807, 2.05) is 0 Å². The van der Waals surface area contributed by atoms with Gasteiger partial charge in [-0.15, -0.1) is 0 Å². The van der Waals surface area contributed by atoms with Gasteiger partial charge in [0.05, 0.1) is 6.04 Å². The van der Waals surface area contributed by atoms with Gasteiger partial charge in [-0.25, -0.2) is 0 Å². The number of benzene rings is 2. The van der Waals surface area contributed by atoms with Crippen molar-refractivity contribution in [1.29, 1.82) is 0 Å². The van der Waals surface area contributed by atoms with E-state index in [0.29, 0.717) is 23.8 Å². The van der Waals surface area contributed by atoms with Crippen LogP contribution in [0.3, 0.4) is 0 Å². The molecule has 0 fully saturated rings. The SMILES string of the molecule is CC(C)c1cccc2c1N[C@H](c1ccccc1)[C@@H]1CC=C[C@@H]21. The quantitative estimate of drug-likeness (QED) is 0.706. The minimum atomic E-state index is 0.411. The smallest absolute Gasteiger partial charge is 0.0554 e. The lowest BCUT2D eigenvalue weighted by atomic mass is 9.75. The Bertz CT molecular complexity index is 699. The first-order valence-electron chi connectivity index (χ1n) is 8.36. The summed E-state index contributed by atoms with van der Waals surface area (Å²) in [6.07, 6.45) is 5.96. The number of anilines is 1. The molecular formula is C21H23N. The Hall–Kier alpha value is -2.02. The van der Waals surface area contributed by atoms with Gasteiger partial charge in [-0.3, -0.25) is 0 Å². The van der Waals surface area contributed by atoms with Crippen molar-refractivity contribution in [2.24, 2.45) is 5.92 Å². The predicted octanol–water partition coefficient (Wildman–Crippen LogP) is 5.64. The maximum absolute atomic E-state index is 3.89. The van der Waals surface area contributed by atoms with Crippen molar-refractivity contribution < 1.29 is 0 Å². The van der Waals surface area contributed by atoms with Gasteiger partial charge in [0, 0.05) is 11.6 Å². The minimum absolute atomic E-state index is 0.411. The van der Waals surface area contributed by atoms with Crippen LogP contribution >= 0.6 is 0 Å². The molecule has 0 aromatic heterocycles. The number of nitrogens with one attached hydrogen (secondary N) is 1. The molecule has 1 nitrogen and oxygen atoms in total. The normalized spacial score (nSPS) is 25.7. The van der Waals surface area contributed by atoms with Crippen LogP contribution in [0, 0.1) is 5.92 Å². The standard InChI is InChI=1S/C21H23N/c1-14(2)16-10-6-13-19-17-11-7-12-18(17)20(22-21(16)19)15-8-4-3-5-9-15/h3-11,13-14,17-18,20,22H,12H2,1-2H3/t17-,18-,20-/m1/s1. The van der Waals surface area contributed by atoms with E-state index >= 15 is 0 Å². The first-order valence-corrected chi connectivity index (χ1v) is 8.36. The van der Waals surface area contributed by atoms with Crippen LogP contribution in [0.4, 0.5) is 5.69 Å². The zero-order chi connectivity index (χ0) is 15.1. The second-order valence-corrected chi connectivity index (χ2v) is 6.85. The summed E-state index contributed by atoms with van der Waals surface area (Å²) < 4.78 is 0. The van der Waals surface area contributed by atoms with Gasteiger partial charge in [0.15, 0.2) is 0 Å². The highest BCUT2D eigenvalue weighted by Crippen LogP contribution is 2.51. The highest BCUT2D eigenvalue weighted by atomic mass is 15.0. The fraction of sp³-hybridized carbons (Fsp3) is 0.333. The highest BCUT2D eigenvalue weighted by Gasteiger charge is 2.38. The van der Waals surface area contributed by atoms with Gasteiger partial charge >= 0.3 is 0 Å². The van der Waals surface area contributed by atoms with Crippen LogP contribution in [0.2, 0.25) is 0 Å². The van der Waals surface area contributed by atoms with Crippen LogP contribution in [-0.4, -0.2) is 0 Å². The van der Waals surface area contributed by atoms with Crippen LogP contribution in [-0.2, 0) is 0 Å². The summed E-state index contributed by atoms with van der Waals surface area (Å²) in [5.74, 6) is 1.73. The summed E-state index contributed by atoms with van der Waals surface area (Å²) in [5.41, 5.74) is 5.71. The second kappa shape index (κ2) is 5.31. The monoisotopic (exact) mass is 289 g/mol. The number of para-hydroxylation sites is 1. The lowest BCUT2D eigenvalue weighted by molar-refractivity contribution is 0.424. The Labute approximate surface area is 133 Å². The third kappa shape index (κ3) is 2.08. The van der Waals surface area contributed by atoms with E-state index in [1.54, 1.807) is 0 Å². The van der Waals surface area contributed by atoms with E-state index in [4.69, 9.17) is 0 Å². The third-order valence-electron chi connectivity index (χ3n) is 5.21. The number of fused-ring (bicyclic) bond motifs is 3. The van der Waals surface area contributed by atoms with Gasteiger partial charge in [-0.05, 0) is 34.9 Å². The maximum Gasteiger partial charge on any atom is 0.0554 e. The molecule has 4 rings (SSSR count).